The highest BCUT2D eigenvalue weighted by molar-refractivity contribution is 7.88. The Hall–Kier alpha value is -2.61. The van der Waals surface area contributed by atoms with Crippen molar-refractivity contribution >= 4 is 15.7 Å². The molecular weight excluding hydrogens is 359 g/mol. The molecule has 0 saturated carbocycles. The fourth-order valence-electron chi connectivity index (χ4n) is 2.96. The number of sulfonamides is 1. The number of ether oxygens (including phenoxy) is 2. The molecule has 0 saturated heterocycles. The first-order valence-electron chi connectivity index (χ1n) is 7.89. The van der Waals surface area contributed by atoms with Crippen molar-refractivity contribution in [1.29, 1.82) is 0 Å². The van der Waals surface area contributed by atoms with E-state index in [1.54, 1.807) is 36.4 Å². The third-order valence-electron chi connectivity index (χ3n) is 4.19. The van der Waals surface area contributed by atoms with Crippen molar-refractivity contribution in [2.45, 2.75) is 12.5 Å². The van der Waals surface area contributed by atoms with E-state index in [-0.39, 0.29) is 12.0 Å². The summed E-state index contributed by atoms with van der Waals surface area (Å²) >= 11 is 0. The Labute approximate surface area is 151 Å². The average Bonchev–Trinajstić information content (AvgIpc) is 3.07. The molecule has 1 aliphatic heterocycles. The molecule has 2 aromatic rings. The predicted octanol–water partition coefficient (Wildman–Crippen LogP) is 2.95. The molecule has 0 radical (unpaired) electrons. The smallest absolute Gasteiger partial charge is 0.247 e. The number of rotatable bonds is 5. The Kier molecular flexibility index (Phi) is 4.86. The molecule has 1 unspecified atom stereocenters. The first-order valence-corrected chi connectivity index (χ1v) is 9.73. The summed E-state index contributed by atoms with van der Waals surface area (Å²) in [5.41, 5.74) is 1.51. The molecule has 1 aliphatic rings. The molecule has 26 heavy (non-hydrogen) atoms. The quantitative estimate of drug-likeness (QED) is 0.802. The van der Waals surface area contributed by atoms with E-state index in [0.717, 1.165) is 10.7 Å². The van der Waals surface area contributed by atoms with Crippen molar-refractivity contribution in [2.24, 2.45) is 5.10 Å². The monoisotopic (exact) mass is 378 g/mol. The molecule has 2 aromatic carbocycles. The molecule has 0 N–H and O–H groups in total. The van der Waals surface area contributed by atoms with E-state index >= 15 is 0 Å². The van der Waals surface area contributed by atoms with E-state index in [1.807, 2.05) is 0 Å². The second-order valence-corrected chi connectivity index (χ2v) is 7.73. The Morgan fingerprint density at radius 1 is 1.12 bits per heavy atom. The van der Waals surface area contributed by atoms with E-state index in [9.17, 15) is 12.8 Å². The Morgan fingerprint density at radius 2 is 1.81 bits per heavy atom. The summed E-state index contributed by atoms with van der Waals surface area (Å²) in [5, 5.41) is 4.26. The van der Waals surface area contributed by atoms with Crippen LogP contribution in [0.15, 0.2) is 47.6 Å². The molecule has 0 fully saturated rings. The fraction of sp³-hybridized carbons (Fsp3) is 0.278. The normalized spacial score (nSPS) is 17.2. The standard InChI is InChI=1S/C18H19FN2O4S/c1-24-17-9-8-12(10-18(17)25-2)15-11-16(21(20-15)26(3,22)23)13-6-4-5-7-14(13)19/h4-10,16H,11H2,1-3H3. The van der Waals surface area contributed by atoms with Crippen LogP contribution < -0.4 is 9.47 Å². The summed E-state index contributed by atoms with van der Waals surface area (Å²) in [5.74, 6) is 0.600. The van der Waals surface area contributed by atoms with Gasteiger partial charge in [0.2, 0.25) is 10.0 Å². The van der Waals surface area contributed by atoms with Crippen LogP contribution in [0.25, 0.3) is 0 Å². The van der Waals surface area contributed by atoms with E-state index in [2.05, 4.69) is 5.10 Å². The van der Waals surface area contributed by atoms with Crippen molar-refractivity contribution in [3.63, 3.8) is 0 Å². The highest BCUT2D eigenvalue weighted by atomic mass is 32.2. The molecule has 138 valence electrons. The third kappa shape index (κ3) is 3.37. The van der Waals surface area contributed by atoms with Crippen LogP contribution in [0.2, 0.25) is 0 Å². The lowest BCUT2D eigenvalue weighted by molar-refractivity contribution is 0.355. The molecule has 3 rings (SSSR count). The van der Waals surface area contributed by atoms with Gasteiger partial charge >= 0.3 is 0 Å². The number of hydrogen-bond acceptors (Lipinski definition) is 5. The summed E-state index contributed by atoms with van der Waals surface area (Å²) in [6.07, 6.45) is 1.31. The minimum absolute atomic E-state index is 0.253. The van der Waals surface area contributed by atoms with Gasteiger partial charge in [-0.15, -0.1) is 0 Å². The number of nitrogens with zero attached hydrogens (tertiary/aromatic N) is 2. The van der Waals surface area contributed by atoms with E-state index in [1.165, 1.54) is 20.3 Å². The summed E-state index contributed by atoms with van der Waals surface area (Å²) in [6.45, 7) is 0. The zero-order valence-corrected chi connectivity index (χ0v) is 15.5. The molecular formula is C18H19FN2O4S. The van der Waals surface area contributed by atoms with Crippen LogP contribution >= 0.6 is 0 Å². The number of hydrogen-bond donors (Lipinski definition) is 0. The molecule has 6 nitrogen and oxygen atoms in total. The van der Waals surface area contributed by atoms with Gasteiger partial charge in [0.05, 0.1) is 32.2 Å². The summed E-state index contributed by atoms with van der Waals surface area (Å²) in [7, 11) is -0.614. The molecule has 0 spiro atoms. The van der Waals surface area contributed by atoms with Gasteiger partial charge in [0.15, 0.2) is 11.5 Å². The van der Waals surface area contributed by atoms with Gasteiger partial charge < -0.3 is 9.47 Å². The number of methoxy groups -OCH3 is 2. The van der Waals surface area contributed by atoms with E-state index in [0.29, 0.717) is 22.8 Å². The third-order valence-corrected chi connectivity index (χ3v) is 5.21. The zero-order valence-electron chi connectivity index (χ0n) is 14.6. The van der Waals surface area contributed by atoms with E-state index < -0.39 is 21.9 Å². The van der Waals surface area contributed by atoms with Gasteiger partial charge in [0, 0.05) is 17.5 Å². The van der Waals surface area contributed by atoms with Crippen LogP contribution in [-0.4, -0.2) is 39.0 Å². The zero-order chi connectivity index (χ0) is 18.9. The van der Waals surface area contributed by atoms with Crippen molar-refractivity contribution in [1.82, 2.24) is 4.41 Å². The SMILES string of the molecule is COc1ccc(C2=NN(S(C)(=O)=O)C(c3ccccc3F)C2)cc1OC. The van der Waals surface area contributed by atoms with Crippen LogP contribution in [0.4, 0.5) is 4.39 Å². The van der Waals surface area contributed by atoms with Crippen LogP contribution in [0, 0.1) is 5.82 Å². The van der Waals surface area contributed by atoms with Gasteiger partial charge in [-0.1, -0.05) is 18.2 Å². The minimum atomic E-state index is -3.66. The van der Waals surface area contributed by atoms with Crippen molar-refractivity contribution < 1.29 is 22.3 Å². The highest BCUT2D eigenvalue weighted by Gasteiger charge is 2.36. The number of halogens is 1. The Balaban J connectivity index is 2.04. The maximum absolute atomic E-state index is 14.2. The Morgan fingerprint density at radius 3 is 2.42 bits per heavy atom. The first-order chi connectivity index (χ1) is 12.3. The molecule has 0 amide bonds. The van der Waals surface area contributed by atoms with Crippen LogP contribution in [-0.2, 0) is 10.0 Å². The topological polar surface area (TPSA) is 68.2 Å². The Bertz CT molecular complexity index is 959. The number of benzene rings is 2. The lowest BCUT2D eigenvalue weighted by atomic mass is 9.98. The van der Waals surface area contributed by atoms with Gasteiger partial charge in [-0.3, -0.25) is 0 Å². The molecule has 8 heteroatoms. The lowest BCUT2D eigenvalue weighted by Crippen LogP contribution is -2.26. The van der Waals surface area contributed by atoms with Gasteiger partial charge in [-0.05, 0) is 24.3 Å². The second kappa shape index (κ2) is 6.95. The average molecular weight is 378 g/mol. The van der Waals surface area contributed by atoms with Gasteiger partial charge in [0.1, 0.15) is 5.82 Å². The maximum atomic E-state index is 14.2. The minimum Gasteiger partial charge on any atom is -0.493 e. The summed E-state index contributed by atoms with van der Waals surface area (Å²) in [4.78, 5) is 0. The van der Waals surface area contributed by atoms with Crippen LogP contribution in [0.3, 0.4) is 0 Å². The summed E-state index contributed by atoms with van der Waals surface area (Å²) in [6, 6.07) is 10.6. The molecule has 0 aliphatic carbocycles. The molecule has 1 heterocycles. The molecule has 1 atom stereocenters. The van der Waals surface area contributed by atoms with Gasteiger partial charge in [-0.25, -0.2) is 12.8 Å². The molecule has 0 aromatic heterocycles. The van der Waals surface area contributed by atoms with Crippen molar-refractivity contribution in [3.05, 3.63) is 59.4 Å². The molecule has 0 bridgehead atoms. The van der Waals surface area contributed by atoms with E-state index in [4.69, 9.17) is 9.47 Å². The van der Waals surface area contributed by atoms with Crippen LogP contribution in [0.1, 0.15) is 23.6 Å². The first kappa shape index (κ1) is 18.2. The van der Waals surface area contributed by atoms with Crippen LogP contribution in [0.5, 0.6) is 11.5 Å². The fourth-order valence-corrected chi connectivity index (χ4v) is 3.86. The highest BCUT2D eigenvalue weighted by Crippen LogP contribution is 2.37. The van der Waals surface area contributed by atoms with Crippen molar-refractivity contribution in [2.75, 3.05) is 20.5 Å². The van der Waals surface area contributed by atoms with Gasteiger partial charge in [0.25, 0.3) is 0 Å². The largest absolute Gasteiger partial charge is 0.493 e. The maximum Gasteiger partial charge on any atom is 0.247 e. The van der Waals surface area contributed by atoms with Crippen molar-refractivity contribution in [3.8, 4) is 11.5 Å². The number of hydrazone groups is 1. The summed E-state index contributed by atoms with van der Waals surface area (Å²) < 4.78 is 50.1. The lowest BCUT2D eigenvalue weighted by Gasteiger charge is -2.21. The predicted molar refractivity (Wildman–Crippen MR) is 96.5 cm³/mol. The second-order valence-electron chi connectivity index (χ2n) is 5.89. The van der Waals surface area contributed by atoms with Gasteiger partial charge in [-0.2, -0.15) is 9.52 Å².